The summed E-state index contributed by atoms with van der Waals surface area (Å²) < 4.78 is 35.4. The molecule has 9 heteroatoms. The highest BCUT2D eigenvalue weighted by Gasteiger charge is 2.20. The molecule has 0 atom stereocenters. The normalized spacial score (nSPS) is 11.0. The lowest BCUT2D eigenvalue weighted by atomic mass is 10.1. The van der Waals surface area contributed by atoms with E-state index >= 15 is 0 Å². The Labute approximate surface area is 200 Å². The fourth-order valence-corrected chi connectivity index (χ4v) is 3.87. The van der Waals surface area contributed by atoms with Crippen molar-refractivity contribution >= 4 is 28.8 Å². The van der Waals surface area contributed by atoms with E-state index in [2.05, 4.69) is 15.8 Å². The molecule has 34 heavy (non-hydrogen) atoms. The van der Waals surface area contributed by atoms with Crippen molar-refractivity contribution in [2.75, 3.05) is 5.43 Å². The van der Waals surface area contributed by atoms with Gasteiger partial charge in [-0.15, -0.1) is 0 Å². The third-order valence-corrected chi connectivity index (χ3v) is 5.87. The second-order valence-corrected chi connectivity index (χ2v) is 8.51. The van der Waals surface area contributed by atoms with Crippen LogP contribution >= 0.6 is 11.6 Å². The Morgan fingerprint density at radius 3 is 2.50 bits per heavy atom. The van der Waals surface area contributed by atoms with Gasteiger partial charge in [-0.25, -0.2) is 13.8 Å². The molecule has 2 heterocycles. The van der Waals surface area contributed by atoms with Crippen LogP contribution in [0, 0.1) is 39.3 Å². The quantitative estimate of drug-likeness (QED) is 0.338. The Morgan fingerprint density at radius 1 is 1.09 bits per heavy atom. The van der Waals surface area contributed by atoms with E-state index in [0.29, 0.717) is 33.5 Å². The minimum atomic E-state index is -0.694. The van der Waals surface area contributed by atoms with Crippen LogP contribution in [0.5, 0.6) is 5.75 Å². The number of hydrazine groups is 1. The Kier molecular flexibility index (Phi) is 6.43. The number of ether oxygens (including phenoxy) is 1. The summed E-state index contributed by atoms with van der Waals surface area (Å²) in [4.78, 5) is 17.5. The molecule has 0 fully saturated rings. The molecule has 0 aliphatic rings. The lowest BCUT2D eigenvalue weighted by molar-refractivity contribution is 0.0956. The van der Waals surface area contributed by atoms with Crippen molar-refractivity contribution in [3.8, 4) is 5.75 Å². The number of halogens is 3. The topological polar surface area (TPSA) is 67.7 Å². The van der Waals surface area contributed by atoms with E-state index in [1.54, 1.807) is 29.7 Å². The van der Waals surface area contributed by atoms with Crippen molar-refractivity contribution in [2.24, 2.45) is 0 Å². The van der Waals surface area contributed by atoms with Crippen LogP contribution in [0.15, 0.2) is 42.6 Å². The molecule has 1 amide bonds. The van der Waals surface area contributed by atoms with Gasteiger partial charge < -0.3 is 4.74 Å². The van der Waals surface area contributed by atoms with Crippen molar-refractivity contribution < 1.29 is 18.3 Å². The van der Waals surface area contributed by atoms with Gasteiger partial charge in [0, 0.05) is 11.2 Å². The molecule has 6 nitrogen and oxygen atoms in total. The molecule has 0 spiro atoms. The maximum absolute atomic E-state index is 14.0. The average Bonchev–Trinajstić information content (AvgIpc) is 3.10. The second kappa shape index (κ2) is 9.30. The number of fused-ring (bicyclic) bond motifs is 1. The number of anilines is 1. The third kappa shape index (κ3) is 4.54. The number of aromatic nitrogens is 2. The number of amides is 1. The summed E-state index contributed by atoms with van der Waals surface area (Å²) in [6.45, 7) is 7.01. The first-order valence-corrected chi connectivity index (χ1v) is 10.9. The molecule has 2 N–H and O–H groups in total. The van der Waals surface area contributed by atoms with E-state index in [0.717, 1.165) is 16.7 Å². The predicted octanol–water partition coefficient (Wildman–Crippen LogP) is 5.84. The van der Waals surface area contributed by atoms with Crippen LogP contribution in [0.3, 0.4) is 0 Å². The van der Waals surface area contributed by atoms with E-state index in [-0.39, 0.29) is 12.2 Å². The van der Waals surface area contributed by atoms with Crippen LogP contribution < -0.4 is 15.6 Å². The van der Waals surface area contributed by atoms with Gasteiger partial charge in [0.05, 0.1) is 16.9 Å². The Hall–Kier alpha value is -3.65. The van der Waals surface area contributed by atoms with Crippen molar-refractivity contribution in [3.63, 3.8) is 0 Å². The first-order chi connectivity index (χ1) is 16.2. The highest BCUT2D eigenvalue weighted by molar-refractivity contribution is 6.31. The summed E-state index contributed by atoms with van der Waals surface area (Å²) >= 11 is 6.20. The number of carbonyl (C=O) groups excluding carboxylic acids is 1. The van der Waals surface area contributed by atoms with Gasteiger partial charge in [0.1, 0.15) is 23.9 Å². The number of rotatable bonds is 6. The molecule has 0 unspecified atom stereocenters. The Balaban J connectivity index is 1.62. The minimum Gasteiger partial charge on any atom is -0.485 e. The first-order valence-electron chi connectivity index (χ1n) is 10.5. The van der Waals surface area contributed by atoms with E-state index in [4.69, 9.17) is 16.3 Å². The zero-order valence-electron chi connectivity index (χ0n) is 19.1. The van der Waals surface area contributed by atoms with E-state index in [1.165, 1.54) is 18.2 Å². The molecule has 2 aromatic heterocycles. The fourth-order valence-electron chi connectivity index (χ4n) is 3.70. The van der Waals surface area contributed by atoms with E-state index in [9.17, 15) is 13.6 Å². The number of pyridine rings is 1. The van der Waals surface area contributed by atoms with Crippen LogP contribution in [-0.2, 0) is 6.61 Å². The number of imidazole rings is 1. The van der Waals surface area contributed by atoms with E-state index < -0.39 is 17.5 Å². The van der Waals surface area contributed by atoms with Gasteiger partial charge in [-0.05, 0) is 68.7 Å². The number of hydrogen-bond acceptors (Lipinski definition) is 4. The number of nitrogens with zero attached hydrogens (tertiary/aromatic N) is 2. The van der Waals surface area contributed by atoms with Gasteiger partial charge in [-0.2, -0.15) is 0 Å². The third-order valence-electron chi connectivity index (χ3n) is 5.46. The van der Waals surface area contributed by atoms with Crippen LogP contribution in [0.4, 0.5) is 14.5 Å². The molecule has 2 aromatic carbocycles. The fraction of sp³-hybridized carbons (Fsp3) is 0.200. The van der Waals surface area contributed by atoms with Gasteiger partial charge in [0.2, 0.25) is 0 Å². The zero-order chi connectivity index (χ0) is 24.6. The van der Waals surface area contributed by atoms with Crippen molar-refractivity contribution in [1.29, 1.82) is 0 Å². The number of nitrogens with one attached hydrogen (secondary N) is 2. The van der Waals surface area contributed by atoms with Crippen molar-refractivity contribution in [2.45, 2.75) is 34.3 Å². The monoisotopic (exact) mass is 484 g/mol. The highest BCUT2D eigenvalue weighted by Crippen LogP contribution is 2.27. The highest BCUT2D eigenvalue weighted by atomic mass is 35.5. The molecule has 0 bridgehead atoms. The SMILES string of the molecule is Cc1cc(OCc2c(F)cccc2F)c2nc(C)c(C(=O)NNc3cc(Cl)c(C)cc3C)n2c1. The molecule has 0 radical (unpaired) electrons. The average molecular weight is 485 g/mol. The molecule has 4 aromatic rings. The van der Waals surface area contributed by atoms with Crippen molar-refractivity contribution in [1.82, 2.24) is 14.8 Å². The maximum Gasteiger partial charge on any atom is 0.288 e. The first kappa shape index (κ1) is 23.5. The van der Waals surface area contributed by atoms with E-state index in [1.807, 2.05) is 26.8 Å². The molecule has 0 saturated carbocycles. The van der Waals surface area contributed by atoms with Gasteiger partial charge in [0.25, 0.3) is 5.91 Å². The lowest BCUT2D eigenvalue weighted by Crippen LogP contribution is -2.31. The Morgan fingerprint density at radius 2 is 1.79 bits per heavy atom. The molecule has 0 saturated heterocycles. The standard InChI is InChI=1S/C25H23ClF2N4O2/c1-13-8-22(34-12-17-19(27)6-5-7-20(17)28)24-29-16(4)23(32(24)11-13)25(33)31-30-21-10-18(26)14(2)9-15(21)3/h5-11,30H,12H2,1-4H3,(H,31,33). The molecule has 0 aliphatic carbocycles. The maximum atomic E-state index is 14.0. The molecule has 4 rings (SSSR count). The zero-order valence-corrected chi connectivity index (χ0v) is 19.8. The lowest BCUT2D eigenvalue weighted by Gasteiger charge is -2.13. The van der Waals surface area contributed by atoms with Crippen molar-refractivity contribution in [3.05, 3.63) is 92.9 Å². The summed E-state index contributed by atoms with van der Waals surface area (Å²) in [5.41, 5.74) is 9.83. The molecule has 176 valence electrons. The van der Waals surface area contributed by atoms with Crippen LogP contribution in [-0.4, -0.2) is 15.3 Å². The predicted molar refractivity (Wildman–Crippen MR) is 127 cm³/mol. The van der Waals surface area contributed by atoms with Gasteiger partial charge in [-0.1, -0.05) is 23.7 Å². The summed E-state index contributed by atoms with van der Waals surface area (Å²) in [5.74, 6) is -1.50. The van der Waals surface area contributed by atoms with Gasteiger partial charge >= 0.3 is 0 Å². The summed E-state index contributed by atoms with van der Waals surface area (Å²) in [5, 5.41) is 0.581. The molecular formula is C25H23ClF2N4O2. The van der Waals surface area contributed by atoms with Crippen LogP contribution in [0.25, 0.3) is 5.65 Å². The van der Waals surface area contributed by atoms with Gasteiger partial charge in [-0.3, -0.25) is 20.0 Å². The number of carbonyl (C=O) groups is 1. The molecule has 0 aliphatic heterocycles. The number of hydrogen-bond donors (Lipinski definition) is 2. The molecular weight excluding hydrogens is 462 g/mol. The van der Waals surface area contributed by atoms with Gasteiger partial charge in [0.15, 0.2) is 11.4 Å². The number of benzene rings is 2. The summed E-state index contributed by atoms with van der Waals surface area (Å²) in [6, 6.07) is 9.00. The summed E-state index contributed by atoms with van der Waals surface area (Å²) in [7, 11) is 0. The second-order valence-electron chi connectivity index (χ2n) is 8.11. The van der Waals surface area contributed by atoms with Crippen LogP contribution in [0.1, 0.15) is 38.4 Å². The summed E-state index contributed by atoms with van der Waals surface area (Å²) in [6.07, 6.45) is 1.74. The van der Waals surface area contributed by atoms with Crippen LogP contribution in [0.2, 0.25) is 5.02 Å². The number of aryl methyl sites for hydroxylation is 4. The minimum absolute atomic E-state index is 0.181. The largest absolute Gasteiger partial charge is 0.485 e. The Bertz CT molecular complexity index is 1400. The smallest absolute Gasteiger partial charge is 0.288 e.